The molecule has 1 aromatic carbocycles. The number of pyridine rings is 1. The lowest BCUT2D eigenvalue weighted by Gasteiger charge is -2.02. The molecule has 0 fully saturated rings. The van der Waals surface area contributed by atoms with Crippen molar-refractivity contribution in [2.45, 2.75) is 6.54 Å². The van der Waals surface area contributed by atoms with E-state index in [0.29, 0.717) is 18.1 Å². The average molecular weight is 321 g/mol. The fourth-order valence-corrected chi connectivity index (χ4v) is 2.21. The maximum Gasteiger partial charge on any atom is 0.243 e. The number of hydrogen-bond acceptors (Lipinski definition) is 3. The molecule has 3 rings (SSSR count). The first-order chi connectivity index (χ1) is 9.20. The smallest absolute Gasteiger partial charge is 0.243 e. The highest BCUT2D eigenvalue weighted by atomic mass is 79.9. The van der Waals surface area contributed by atoms with Crippen molar-refractivity contribution in [1.29, 1.82) is 0 Å². The molecule has 19 heavy (non-hydrogen) atoms. The third-order valence-corrected chi connectivity index (χ3v) is 3.13. The molecule has 4 nitrogen and oxygen atoms in total. The summed E-state index contributed by atoms with van der Waals surface area (Å²) in [5.74, 6) is 0.140. The van der Waals surface area contributed by atoms with Crippen LogP contribution in [-0.2, 0) is 6.54 Å². The minimum absolute atomic E-state index is 0.337. The highest BCUT2D eigenvalue weighted by Gasteiger charge is 2.04. The average Bonchev–Trinajstić information content (AvgIpc) is 2.78. The summed E-state index contributed by atoms with van der Waals surface area (Å²) in [5, 5.41) is 7.26. The van der Waals surface area contributed by atoms with Crippen LogP contribution in [0, 0.1) is 5.82 Å². The molecule has 0 radical (unpaired) electrons. The van der Waals surface area contributed by atoms with Gasteiger partial charge in [0.2, 0.25) is 5.95 Å². The SMILES string of the molecule is Fc1ccc2nc(NCc3cccc(Br)c3)nn2c1. The molecule has 0 aliphatic rings. The summed E-state index contributed by atoms with van der Waals surface area (Å²) in [7, 11) is 0. The van der Waals surface area contributed by atoms with Crippen LogP contribution in [0.5, 0.6) is 0 Å². The zero-order valence-corrected chi connectivity index (χ0v) is 11.4. The molecule has 0 unspecified atom stereocenters. The van der Waals surface area contributed by atoms with Gasteiger partial charge in [-0.05, 0) is 29.8 Å². The minimum atomic E-state index is -0.337. The fraction of sp³-hybridized carbons (Fsp3) is 0.0769. The lowest BCUT2D eigenvalue weighted by molar-refractivity contribution is 0.615. The van der Waals surface area contributed by atoms with Crippen LogP contribution in [0.2, 0.25) is 0 Å². The van der Waals surface area contributed by atoms with E-state index in [-0.39, 0.29) is 5.82 Å². The van der Waals surface area contributed by atoms with Gasteiger partial charge >= 0.3 is 0 Å². The van der Waals surface area contributed by atoms with Crippen LogP contribution < -0.4 is 5.32 Å². The Morgan fingerprint density at radius 3 is 3.00 bits per heavy atom. The van der Waals surface area contributed by atoms with Crippen LogP contribution >= 0.6 is 15.9 Å². The number of nitrogens with zero attached hydrogens (tertiary/aromatic N) is 3. The molecule has 0 atom stereocenters. The van der Waals surface area contributed by atoms with Crippen LogP contribution in [0.15, 0.2) is 47.1 Å². The van der Waals surface area contributed by atoms with E-state index in [1.54, 1.807) is 6.07 Å². The molecule has 0 bridgehead atoms. The van der Waals surface area contributed by atoms with E-state index in [9.17, 15) is 4.39 Å². The first kappa shape index (κ1) is 12.1. The number of fused-ring (bicyclic) bond motifs is 1. The van der Waals surface area contributed by atoms with Crippen LogP contribution in [0.4, 0.5) is 10.3 Å². The third kappa shape index (κ3) is 2.73. The summed E-state index contributed by atoms with van der Waals surface area (Å²) in [6, 6.07) is 10.9. The molecule has 0 aliphatic carbocycles. The molecule has 0 spiro atoms. The molecule has 0 saturated carbocycles. The van der Waals surface area contributed by atoms with Gasteiger partial charge in [-0.3, -0.25) is 0 Å². The molecule has 0 aliphatic heterocycles. The van der Waals surface area contributed by atoms with E-state index < -0.39 is 0 Å². The lowest BCUT2D eigenvalue weighted by atomic mass is 10.2. The summed E-state index contributed by atoms with van der Waals surface area (Å²) in [5.41, 5.74) is 1.72. The van der Waals surface area contributed by atoms with Crippen LogP contribution in [0.1, 0.15) is 5.56 Å². The van der Waals surface area contributed by atoms with Crippen LogP contribution in [0.3, 0.4) is 0 Å². The summed E-state index contributed by atoms with van der Waals surface area (Å²) in [6.07, 6.45) is 1.30. The van der Waals surface area contributed by atoms with Gasteiger partial charge in [0.1, 0.15) is 5.82 Å². The van der Waals surface area contributed by atoms with Crippen molar-refractivity contribution in [2.24, 2.45) is 0 Å². The van der Waals surface area contributed by atoms with Crippen molar-refractivity contribution in [1.82, 2.24) is 14.6 Å². The highest BCUT2D eigenvalue weighted by Crippen LogP contribution is 2.13. The van der Waals surface area contributed by atoms with Crippen molar-refractivity contribution in [2.75, 3.05) is 5.32 Å². The Morgan fingerprint density at radius 1 is 1.26 bits per heavy atom. The third-order valence-electron chi connectivity index (χ3n) is 2.63. The second-order valence-electron chi connectivity index (χ2n) is 4.07. The number of benzene rings is 1. The molecule has 3 aromatic rings. The van der Waals surface area contributed by atoms with E-state index in [4.69, 9.17) is 0 Å². The van der Waals surface area contributed by atoms with E-state index in [2.05, 4.69) is 31.3 Å². The number of rotatable bonds is 3. The number of nitrogens with one attached hydrogen (secondary N) is 1. The molecular formula is C13H10BrFN4. The van der Waals surface area contributed by atoms with E-state index in [1.165, 1.54) is 16.8 Å². The van der Waals surface area contributed by atoms with Crippen molar-refractivity contribution < 1.29 is 4.39 Å². The van der Waals surface area contributed by atoms with E-state index >= 15 is 0 Å². The quantitative estimate of drug-likeness (QED) is 0.805. The van der Waals surface area contributed by atoms with Crippen LogP contribution in [-0.4, -0.2) is 14.6 Å². The molecule has 6 heteroatoms. The fourth-order valence-electron chi connectivity index (χ4n) is 1.76. The molecule has 0 amide bonds. The van der Waals surface area contributed by atoms with Gasteiger partial charge < -0.3 is 5.32 Å². The Balaban J connectivity index is 1.78. The first-order valence-corrected chi connectivity index (χ1v) is 6.50. The molecule has 1 N–H and O–H groups in total. The largest absolute Gasteiger partial charge is 0.349 e. The monoisotopic (exact) mass is 320 g/mol. The highest BCUT2D eigenvalue weighted by molar-refractivity contribution is 9.10. The zero-order chi connectivity index (χ0) is 13.2. The van der Waals surface area contributed by atoms with Gasteiger partial charge in [-0.25, -0.2) is 8.91 Å². The number of aromatic nitrogens is 3. The first-order valence-electron chi connectivity index (χ1n) is 5.71. The van der Waals surface area contributed by atoms with Crippen molar-refractivity contribution in [3.8, 4) is 0 Å². The van der Waals surface area contributed by atoms with Gasteiger partial charge in [-0.1, -0.05) is 28.1 Å². The second kappa shape index (κ2) is 4.97. The van der Waals surface area contributed by atoms with Crippen molar-refractivity contribution >= 4 is 27.5 Å². The standard InChI is InChI=1S/C13H10BrFN4/c14-10-3-1-2-9(6-10)7-16-13-17-12-5-4-11(15)8-19(12)18-13/h1-6,8H,7H2,(H,16,18). The van der Waals surface area contributed by atoms with Gasteiger partial charge in [-0.2, -0.15) is 4.98 Å². The normalized spacial score (nSPS) is 10.8. The number of hydrogen-bond donors (Lipinski definition) is 1. The summed E-state index contributed by atoms with van der Waals surface area (Å²) in [4.78, 5) is 4.25. The predicted octanol–water partition coefficient (Wildman–Crippen LogP) is 3.24. The second-order valence-corrected chi connectivity index (χ2v) is 4.98. The molecule has 0 saturated heterocycles. The minimum Gasteiger partial charge on any atom is -0.349 e. The van der Waals surface area contributed by atoms with Gasteiger partial charge in [0.05, 0.1) is 6.20 Å². The van der Waals surface area contributed by atoms with Gasteiger partial charge in [0, 0.05) is 11.0 Å². The van der Waals surface area contributed by atoms with Crippen molar-refractivity contribution in [3.63, 3.8) is 0 Å². The Bertz CT molecular complexity index is 725. The summed E-state index contributed by atoms with van der Waals surface area (Å²) < 4.78 is 15.5. The van der Waals surface area contributed by atoms with E-state index in [1.807, 2.05) is 24.3 Å². The van der Waals surface area contributed by atoms with Gasteiger partial charge in [0.15, 0.2) is 5.65 Å². The summed E-state index contributed by atoms with van der Waals surface area (Å²) in [6.45, 7) is 0.610. The Labute approximate surface area is 117 Å². The summed E-state index contributed by atoms with van der Waals surface area (Å²) >= 11 is 3.42. The maximum atomic E-state index is 13.0. The topological polar surface area (TPSA) is 42.2 Å². The Hall–Kier alpha value is -1.95. The lowest BCUT2D eigenvalue weighted by Crippen LogP contribution is -2.01. The van der Waals surface area contributed by atoms with Gasteiger partial charge in [-0.15, -0.1) is 5.10 Å². The predicted molar refractivity (Wildman–Crippen MR) is 74.4 cm³/mol. The van der Waals surface area contributed by atoms with Crippen molar-refractivity contribution in [3.05, 3.63) is 58.4 Å². The zero-order valence-electron chi connectivity index (χ0n) is 9.85. The molecule has 2 heterocycles. The van der Waals surface area contributed by atoms with Gasteiger partial charge in [0.25, 0.3) is 0 Å². The van der Waals surface area contributed by atoms with E-state index in [0.717, 1.165) is 10.0 Å². The van der Waals surface area contributed by atoms with Crippen LogP contribution in [0.25, 0.3) is 5.65 Å². The number of anilines is 1. The molecule has 96 valence electrons. The Kier molecular flexibility index (Phi) is 3.16. The molecular weight excluding hydrogens is 311 g/mol. The maximum absolute atomic E-state index is 13.0. The Morgan fingerprint density at radius 2 is 2.16 bits per heavy atom. The molecule has 2 aromatic heterocycles. The number of halogens is 2.